The van der Waals surface area contributed by atoms with Crippen LogP contribution in [0.2, 0.25) is 0 Å². The normalized spacial score (nSPS) is 12.3. The van der Waals surface area contributed by atoms with Crippen molar-refractivity contribution in [2.75, 3.05) is 6.79 Å². The number of fused-ring (bicyclic) bond motifs is 2. The van der Waals surface area contributed by atoms with Gasteiger partial charge in [-0.2, -0.15) is 0 Å². The number of amides is 1. The summed E-state index contributed by atoms with van der Waals surface area (Å²) in [6.07, 6.45) is 0. The number of rotatable bonds is 6. The molecule has 3 aromatic carbocycles. The number of aromatic nitrogens is 2. The second-order valence-electron chi connectivity index (χ2n) is 6.88. The zero-order chi connectivity index (χ0) is 20.3. The quantitative estimate of drug-likeness (QED) is 0.451. The summed E-state index contributed by atoms with van der Waals surface area (Å²) in [7, 11) is 0. The van der Waals surface area contributed by atoms with Crippen molar-refractivity contribution >= 4 is 28.7 Å². The van der Waals surface area contributed by atoms with Crippen molar-refractivity contribution in [3.8, 4) is 11.5 Å². The summed E-state index contributed by atoms with van der Waals surface area (Å²) in [6.45, 7) is 0.655. The molecule has 150 valence electrons. The van der Waals surface area contributed by atoms with Crippen LogP contribution in [0.5, 0.6) is 11.5 Å². The molecule has 0 saturated heterocycles. The summed E-state index contributed by atoms with van der Waals surface area (Å²) >= 11 is 1.58. The maximum atomic E-state index is 12.8. The van der Waals surface area contributed by atoms with Gasteiger partial charge in [0.25, 0.3) is 5.91 Å². The SMILES string of the molecule is O=C(NCc1ccc2c(c1)OCO2)c1ccccc1CSc1nc2ccccc2[nH]1. The summed E-state index contributed by atoms with van der Waals surface area (Å²) in [4.78, 5) is 20.7. The molecule has 6 nitrogen and oxygen atoms in total. The van der Waals surface area contributed by atoms with E-state index >= 15 is 0 Å². The van der Waals surface area contributed by atoms with Crippen LogP contribution in [0.25, 0.3) is 11.0 Å². The van der Waals surface area contributed by atoms with E-state index in [9.17, 15) is 4.79 Å². The molecular weight excluding hydrogens is 398 g/mol. The first kappa shape index (κ1) is 18.6. The fourth-order valence-electron chi connectivity index (χ4n) is 3.34. The highest BCUT2D eigenvalue weighted by atomic mass is 32.2. The van der Waals surface area contributed by atoms with Gasteiger partial charge in [-0.1, -0.05) is 48.2 Å². The predicted octanol–water partition coefficient (Wildman–Crippen LogP) is 4.51. The first-order valence-corrected chi connectivity index (χ1v) is 10.6. The highest BCUT2D eigenvalue weighted by Crippen LogP contribution is 2.32. The van der Waals surface area contributed by atoms with E-state index in [0.29, 0.717) is 23.6 Å². The van der Waals surface area contributed by atoms with Crippen molar-refractivity contribution in [1.82, 2.24) is 15.3 Å². The van der Waals surface area contributed by atoms with E-state index in [-0.39, 0.29) is 12.7 Å². The lowest BCUT2D eigenvalue weighted by Gasteiger charge is -2.10. The molecule has 0 atom stereocenters. The Bertz CT molecular complexity index is 1190. The number of benzene rings is 3. The molecular formula is C23H19N3O3S. The molecule has 7 heteroatoms. The average molecular weight is 417 g/mol. The molecule has 5 rings (SSSR count). The van der Waals surface area contributed by atoms with Gasteiger partial charge in [-0.15, -0.1) is 0 Å². The van der Waals surface area contributed by atoms with Crippen LogP contribution in [-0.2, 0) is 12.3 Å². The van der Waals surface area contributed by atoms with Crippen molar-refractivity contribution < 1.29 is 14.3 Å². The number of ether oxygens (including phenoxy) is 2. The fraction of sp³-hybridized carbons (Fsp3) is 0.130. The third-order valence-corrected chi connectivity index (χ3v) is 5.81. The average Bonchev–Trinajstić information content (AvgIpc) is 3.42. The zero-order valence-electron chi connectivity index (χ0n) is 16.1. The topological polar surface area (TPSA) is 76.2 Å². The number of hydrogen-bond acceptors (Lipinski definition) is 5. The highest BCUT2D eigenvalue weighted by molar-refractivity contribution is 7.98. The van der Waals surface area contributed by atoms with Crippen LogP contribution in [0.15, 0.2) is 71.9 Å². The van der Waals surface area contributed by atoms with Crippen molar-refractivity contribution in [2.24, 2.45) is 0 Å². The first-order chi connectivity index (χ1) is 14.8. The number of para-hydroxylation sites is 2. The molecule has 30 heavy (non-hydrogen) atoms. The van der Waals surface area contributed by atoms with E-state index in [2.05, 4.69) is 15.3 Å². The van der Waals surface area contributed by atoms with Gasteiger partial charge in [0.05, 0.1) is 11.0 Å². The van der Waals surface area contributed by atoms with Crippen LogP contribution in [-0.4, -0.2) is 22.7 Å². The van der Waals surface area contributed by atoms with Gasteiger partial charge in [-0.25, -0.2) is 4.98 Å². The molecule has 0 saturated carbocycles. The number of nitrogens with one attached hydrogen (secondary N) is 2. The van der Waals surface area contributed by atoms with E-state index in [1.165, 1.54) is 0 Å². The second-order valence-corrected chi connectivity index (χ2v) is 7.84. The van der Waals surface area contributed by atoms with E-state index in [0.717, 1.165) is 33.1 Å². The van der Waals surface area contributed by atoms with Crippen LogP contribution < -0.4 is 14.8 Å². The number of hydrogen-bond donors (Lipinski definition) is 2. The van der Waals surface area contributed by atoms with E-state index in [4.69, 9.17) is 9.47 Å². The molecule has 2 N–H and O–H groups in total. The summed E-state index contributed by atoms with van der Waals surface area (Å²) in [6, 6.07) is 21.3. The number of carbonyl (C=O) groups excluding carboxylic acids is 1. The lowest BCUT2D eigenvalue weighted by Crippen LogP contribution is -2.23. The maximum Gasteiger partial charge on any atom is 0.251 e. The van der Waals surface area contributed by atoms with Gasteiger partial charge >= 0.3 is 0 Å². The predicted molar refractivity (Wildman–Crippen MR) is 116 cm³/mol. The van der Waals surface area contributed by atoms with Crippen LogP contribution in [0.4, 0.5) is 0 Å². The van der Waals surface area contributed by atoms with Gasteiger partial charge in [0, 0.05) is 17.9 Å². The Hall–Kier alpha value is -3.45. The first-order valence-electron chi connectivity index (χ1n) is 9.58. The molecule has 0 radical (unpaired) electrons. The van der Waals surface area contributed by atoms with Gasteiger partial charge in [0.1, 0.15) is 0 Å². The van der Waals surface area contributed by atoms with E-state index in [1.807, 2.05) is 66.7 Å². The second kappa shape index (κ2) is 8.12. The highest BCUT2D eigenvalue weighted by Gasteiger charge is 2.15. The van der Waals surface area contributed by atoms with E-state index < -0.39 is 0 Å². The molecule has 2 heterocycles. The number of H-pyrrole nitrogens is 1. The van der Waals surface area contributed by atoms with Crippen molar-refractivity contribution in [3.05, 3.63) is 83.4 Å². The molecule has 0 spiro atoms. The molecule has 0 unspecified atom stereocenters. The Labute approximate surface area is 177 Å². The Morgan fingerprint density at radius 3 is 2.80 bits per heavy atom. The largest absolute Gasteiger partial charge is 0.454 e. The maximum absolute atomic E-state index is 12.8. The Kier molecular flexibility index (Phi) is 5.03. The Morgan fingerprint density at radius 2 is 1.87 bits per heavy atom. The molecule has 4 aromatic rings. The van der Waals surface area contributed by atoms with Gasteiger partial charge in [-0.3, -0.25) is 4.79 Å². The number of nitrogens with zero attached hydrogens (tertiary/aromatic N) is 1. The number of aromatic amines is 1. The standard InChI is InChI=1S/C23H19N3O3S/c27-22(24-12-15-9-10-20-21(11-15)29-14-28-20)17-6-2-1-5-16(17)13-30-23-25-18-7-3-4-8-19(18)26-23/h1-11H,12-14H2,(H,24,27)(H,25,26). The number of carbonyl (C=O) groups is 1. The monoisotopic (exact) mass is 417 g/mol. The van der Waals surface area contributed by atoms with Gasteiger partial charge in [0.2, 0.25) is 6.79 Å². The van der Waals surface area contributed by atoms with Gasteiger partial charge < -0.3 is 19.8 Å². The Balaban J connectivity index is 1.26. The van der Waals surface area contributed by atoms with E-state index in [1.54, 1.807) is 11.8 Å². The molecule has 0 bridgehead atoms. The summed E-state index contributed by atoms with van der Waals surface area (Å²) in [5.74, 6) is 1.99. The number of imidazole rings is 1. The van der Waals surface area contributed by atoms with Gasteiger partial charge in [-0.05, 0) is 41.5 Å². The molecule has 1 amide bonds. The molecule has 0 fully saturated rings. The van der Waals surface area contributed by atoms with Crippen molar-refractivity contribution in [3.63, 3.8) is 0 Å². The lowest BCUT2D eigenvalue weighted by molar-refractivity contribution is 0.0950. The zero-order valence-corrected chi connectivity index (χ0v) is 16.9. The van der Waals surface area contributed by atoms with Crippen LogP contribution in [0.1, 0.15) is 21.5 Å². The van der Waals surface area contributed by atoms with Crippen molar-refractivity contribution in [2.45, 2.75) is 17.5 Å². The smallest absolute Gasteiger partial charge is 0.251 e. The summed E-state index contributed by atoms with van der Waals surface area (Å²) in [5, 5.41) is 3.84. The lowest BCUT2D eigenvalue weighted by atomic mass is 10.1. The molecule has 1 aliphatic heterocycles. The fourth-order valence-corrected chi connectivity index (χ4v) is 4.23. The van der Waals surface area contributed by atoms with Crippen LogP contribution in [0, 0.1) is 0 Å². The third kappa shape index (κ3) is 3.84. The number of thioether (sulfide) groups is 1. The Morgan fingerprint density at radius 1 is 1.03 bits per heavy atom. The van der Waals surface area contributed by atoms with Crippen LogP contribution >= 0.6 is 11.8 Å². The third-order valence-electron chi connectivity index (χ3n) is 4.88. The van der Waals surface area contributed by atoms with Crippen LogP contribution in [0.3, 0.4) is 0 Å². The summed E-state index contributed by atoms with van der Waals surface area (Å²) < 4.78 is 10.7. The van der Waals surface area contributed by atoms with Gasteiger partial charge in [0.15, 0.2) is 16.7 Å². The molecule has 0 aliphatic carbocycles. The molecule has 1 aliphatic rings. The minimum absolute atomic E-state index is 0.103. The molecule has 1 aromatic heterocycles. The van der Waals surface area contributed by atoms with Crippen molar-refractivity contribution in [1.29, 1.82) is 0 Å². The minimum Gasteiger partial charge on any atom is -0.454 e. The minimum atomic E-state index is -0.103. The summed E-state index contributed by atoms with van der Waals surface area (Å²) in [5.41, 5.74) is 4.54.